The molecule has 0 saturated carbocycles. The van der Waals surface area contributed by atoms with Crippen LogP contribution in [0.1, 0.15) is 62.4 Å². The molecule has 1 fully saturated rings. The van der Waals surface area contributed by atoms with Gasteiger partial charge in [-0.2, -0.15) is 0 Å². The van der Waals surface area contributed by atoms with Gasteiger partial charge in [0.25, 0.3) is 11.8 Å². The Morgan fingerprint density at radius 3 is 2.50 bits per heavy atom. The number of rotatable bonds is 7. The molecule has 0 bridgehead atoms. The highest BCUT2D eigenvalue weighted by Gasteiger charge is 2.33. The van der Waals surface area contributed by atoms with Gasteiger partial charge in [0.2, 0.25) is 0 Å². The summed E-state index contributed by atoms with van der Waals surface area (Å²) >= 11 is 0. The lowest BCUT2D eigenvalue weighted by Gasteiger charge is -2.33. The number of likely N-dealkylation sites (tertiary alicyclic amines) is 1. The molecule has 42 heavy (non-hydrogen) atoms. The number of ether oxygens (including phenoxy) is 1. The van der Waals surface area contributed by atoms with E-state index in [1.807, 2.05) is 24.3 Å². The van der Waals surface area contributed by atoms with E-state index in [-0.39, 0.29) is 5.91 Å². The number of nitrogens with two attached hydrogens (primary N) is 1. The molecule has 1 atom stereocenters. The van der Waals surface area contributed by atoms with Gasteiger partial charge in [0.15, 0.2) is 0 Å². The van der Waals surface area contributed by atoms with Crippen LogP contribution in [0.15, 0.2) is 59.7 Å². The van der Waals surface area contributed by atoms with Crippen molar-refractivity contribution in [3.8, 4) is 28.8 Å². The average Bonchev–Trinajstić information content (AvgIpc) is 3.02. The molecule has 2 aromatic carbocycles. The highest BCUT2D eigenvalue weighted by atomic mass is 16.5. The van der Waals surface area contributed by atoms with Crippen LogP contribution in [-0.4, -0.2) is 59.2 Å². The third kappa shape index (κ3) is 6.54. The first-order valence-corrected chi connectivity index (χ1v) is 13.3. The van der Waals surface area contributed by atoms with Crippen LogP contribution in [0.5, 0.6) is 5.75 Å². The van der Waals surface area contributed by atoms with Crippen LogP contribution in [-0.2, 0) is 4.79 Å². The fourth-order valence-corrected chi connectivity index (χ4v) is 4.78. The van der Waals surface area contributed by atoms with Crippen molar-refractivity contribution >= 4 is 30.6 Å². The third-order valence-corrected chi connectivity index (χ3v) is 7.04. The third-order valence-electron chi connectivity index (χ3n) is 7.04. The van der Waals surface area contributed by atoms with Crippen LogP contribution < -0.4 is 16.0 Å². The first-order valence-electron chi connectivity index (χ1n) is 13.3. The van der Waals surface area contributed by atoms with Gasteiger partial charge in [0.1, 0.15) is 11.8 Å². The number of carbonyl (C=O) groups is 3. The molecule has 1 aromatic heterocycles. The van der Waals surface area contributed by atoms with Crippen molar-refractivity contribution in [2.24, 2.45) is 10.8 Å². The van der Waals surface area contributed by atoms with Gasteiger partial charge in [0, 0.05) is 35.0 Å². The summed E-state index contributed by atoms with van der Waals surface area (Å²) in [6, 6.07) is 13.2. The number of aliphatic carboxylic acids is 1. The molecule has 0 spiro atoms. The number of piperidine rings is 1. The molecule has 1 aliphatic heterocycles. The van der Waals surface area contributed by atoms with Crippen molar-refractivity contribution in [3.63, 3.8) is 0 Å². The number of nitrogens with zero attached hydrogens (tertiary/aromatic N) is 3. The van der Waals surface area contributed by atoms with Crippen LogP contribution in [0.3, 0.4) is 0 Å². The lowest BCUT2D eigenvalue weighted by atomic mass is 10.00. The minimum Gasteiger partial charge on any atom is -0.496 e. The number of benzene rings is 2. The zero-order chi connectivity index (χ0) is 30.2. The van der Waals surface area contributed by atoms with E-state index in [4.69, 9.17) is 10.6 Å². The molecular weight excluding hydrogens is 534 g/mol. The van der Waals surface area contributed by atoms with E-state index >= 15 is 0 Å². The number of hydrazine groups is 1. The molecule has 4 N–H and O–H groups in total. The second-order valence-corrected chi connectivity index (χ2v) is 9.63. The number of carboxylic acids is 1. The monoisotopic (exact) mass is 565 g/mol. The molecule has 1 unspecified atom stereocenters. The minimum absolute atomic E-state index is 0.298. The van der Waals surface area contributed by atoms with Gasteiger partial charge in [-0.1, -0.05) is 24.0 Å². The summed E-state index contributed by atoms with van der Waals surface area (Å²) < 4.78 is 5.47. The molecule has 10 nitrogen and oxygen atoms in total. The van der Waals surface area contributed by atoms with Crippen molar-refractivity contribution in [1.82, 2.24) is 15.3 Å². The standard InChI is InChI=1S/C32H31N5O5/c1-20-25(30(38)36-33)19-27(35-26(20)15-16-34-2)23-12-9-21(10-13-23)7-8-22-11-14-24(29(18-22)42-3)31(39)37-17-5-4-6-28(37)32(40)41/h9-16,18-19,28H,2,4-6,17,33H2,1,3H3,(H,36,38)(H,40,41)/b16-15-. The summed E-state index contributed by atoms with van der Waals surface area (Å²) in [5.41, 5.74) is 6.80. The number of methoxy groups -OCH3 is 1. The quantitative estimate of drug-likeness (QED) is 0.130. The molecule has 2 amide bonds. The van der Waals surface area contributed by atoms with Crippen molar-refractivity contribution < 1.29 is 24.2 Å². The second kappa shape index (κ2) is 13.4. The molecule has 214 valence electrons. The summed E-state index contributed by atoms with van der Waals surface area (Å²) in [6.45, 7) is 5.61. The fourth-order valence-electron chi connectivity index (χ4n) is 4.78. The Morgan fingerprint density at radius 2 is 1.83 bits per heavy atom. The number of carboxylic acid groups (broad SMARTS) is 1. The fraction of sp³-hybridized carbons (Fsp3) is 0.219. The number of pyridine rings is 1. The Hall–Kier alpha value is -5.27. The van der Waals surface area contributed by atoms with Crippen LogP contribution in [0.2, 0.25) is 0 Å². The first kappa shape index (κ1) is 29.7. The smallest absolute Gasteiger partial charge is 0.326 e. The van der Waals surface area contributed by atoms with Crippen LogP contribution in [0.4, 0.5) is 0 Å². The van der Waals surface area contributed by atoms with E-state index < -0.39 is 17.9 Å². The van der Waals surface area contributed by atoms with Crippen molar-refractivity contribution in [2.75, 3.05) is 13.7 Å². The molecule has 1 saturated heterocycles. The van der Waals surface area contributed by atoms with Crippen LogP contribution in [0, 0.1) is 18.8 Å². The topological polar surface area (TPSA) is 147 Å². The van der Waals surface area contributed by atoms with E-state index in [1.165, 1.54) is 18.2 Å². The minimum atomic E-state index is -1.00. The van der Waals surface area contributed by atoms with E-state index in [1.54, 1.807) is 37.3 Å². The maximum absolute atomic E-state index is 13.2. The normalized spacial score (nSPS) is 14.5. The summed E-state index contributed by atoms with van der Waals surface area (Å²) in [4.78, 5) is 47.0. The van der Waals surface area contributed by atoms with Crippen molar-refractivity contribution in [1.29, 1.82) is 0 Å². The number of hydrogen-bond donors (Lipinski definition) is 3. The molecule has 2 heterocycles. The summed E-state index contributed by atoms with van der Waals surface area (Å²) in [5.74, 6) is 10.1. The number of carbonyl (C=O) groups excluding carboxylic acids is 2. The number of nitrogen functional groups attached to an aromatic ring is 1. The lowest BCUT2D eigenvalue weighted by Crippen LogP contribution is -2.48. The Balaban J connectivity index is 1.58. The molecule has 3 aromatic rings. The van der Waals surface area contributed by atoms with Gasteiger partial charge in [-0.3, -0.25) is 20.0 Å². The van der Waals surface area contributed by atoms with Crippen LogP contribution in [0.25, 0.3) is 17.3 Å². The van der Waals surface area contributed by atoms with Crippen LogP contribution >= 0.6 is 0 Å². The molecule has 4 rings (SSSR count). The predicted molar refractivity (Wildman–Crippen MR) is 160 cm³/mol. The highest BCUT2D eigenvalue weighted by Crippen LogP contribution is 2.27. The van der Waals surface area contributed by atoms with Gasteiger partial charge in [0.05, 0.1) is 24.1 Å². The summed E-state index contributed by atoms with van der Waals surface area (Å²) in [5, 5.41) is 9.56. The average molecular weight is 566 g/mol. The molecular formula is C32H31N5O5. The lowest BCUT2D eigenvalue weighted by molar-refractivity contribution is -0.143. The number of amides is 2. The second-order valence-electron chi connectivity index (χ2n) is 9.63. The van der Waals surface area contributed by atoms with Gasteiger partial charge in [-0.15, -0.1) is 0 Å². The number of aliphatic imine (C=N–C) groups is 1. The van der Waals surface area contributed by atoms with E-state index in [2.05, 4.69) is 34.0 Å². The molecule has 0 aliphatic carbocycles. The van der Waals surface area contributed by atoms with Gasteiger partial charge < -0.3 is 14.7 Å². The highest BCUT2D eigenvalue weighted by molar-refractivity contribution is 5.99. The molecule has 1 aliphatic rings. The van der Waals surface area contributed by atoms with E-state index in [0.29, 0.717) is 52.4 Å². The molecule has 10 heteroatoms. The van der Waals surface area contributed by atoms with Gasteiger partial charge in [-0.25, -0.2) is 15.6 Å². The Bertz CT molecular complexity index is 1620. The number of aromatic nitrogens is 1. The van der Waals surface area contributed by atoms with Gasteiger partial charge >= 0.3 is 5.97 Å². The Kier molecular flexibility index (Phi) is 9.47. The SMILES string of the molecule is C=N/C=C\c1nc(-c2ccc(C#Cc3ccc(C(=O)N4CCCCC4C(=O)O)c(OC)c3)cc2)cc(C(=O)NN)c1C. The zero-order valence-corrected chi connectivity index (χ0v) is 23.4. The summed E-state index contributed by atoms with van der Waals surface area (Å²) in [7, 11) is 1.46. The zero-order valence-electron chi connectivity index (χ0n) is 23.4. The maximum atomic E-state index is 13.2. The van der Waals surface area contributed by atoms with Crippen molar-refractivity contribution in [2.45, 2.75) is 32.2 Å². The first-order chi connectivity index (χ1) is 20.3. The molecule has 0 radical (unpaired) electrons. The Labute approximate surface area is 243 Å². The number of hydrogen-bond acceptors (Lipinski definition) is 7. The Morgan fingerprint density at radius 1 is 1.12 bits per heavy atom. The largest absolute Gasteiger partial charge is 0.496 e. The van der Waals surface area contributed by atoms with Gasteiger partial charge in [-0.05, 0) is 80.9 Å². The van der Waals surface area contributed by atoms with Crippen molar-refractivity contribution in [3.05, 3.63) is 88.2 Å². The predicted octanol–water partition coefficient (Wildman–Crippen LogP) is 3.82. The van der Waals surface area contributed by atoms with E-state index in [9.17, 15) is 19.5 Å². The van der Waals surface area contributed by atoms with E-state index in [0.717, 1.165) is 24.0 Å². The summed E-state index contributed by atoms with van der Waals surface area (Å²) in [6.07, 6.45) is 5.13. The number of nitrogens with one attached hydrogen (secondary N) is 1. The maximum Gasteiger partial charge on any atom is 0.326 e.